The van der Waals surface area contributed by atoms with Gasteiger partial charge in [0.05, 0.1) is 0 Å². The first-order valence-electron chi connectivity index (χ1n) is 5.13. The molecule has 0 amide bonds. The molecule has 0 bridgehead atoms. The summed E-state index contributed by atoms with van der Waals surface area (Å²) in [4.78, 5) is 12.0. The highest BCUT2D eigenvalue weighted by Gasteiger charge is 2.29. The number of rotatable bonds is 0. The monoisotopic (exact) mass is 212 g/mol. The van der Waals surface area contributed by atoms with Gasteiger partial charge in [0.2, 0.25) is 0 Å². The highest BCUT2D eigenvalue weighted by Crippen LogP contribution is 2.39. The van der Waals surface area contributed by atoms with Crippen molar-refractivity contribution in [3.05, 3.63) is 58.9 Å². The standard InChI is InChI=1S/C14H9FO/c1-8-4-2-5-9-12(8)13-10(14(9)16)6-3-7-11(13)15/h2-7H,1H3. The van der Waals surface area contributed by atoms with Gasteiger partial charge in [-0.3, -0.25) is 4.79 Å². The predicted molar refractivity (Wildman–Crippen MR) is 60.0 cm³/mol. The van der Waals surface area contributed by atoms with E-state index in [1.807, 2.05) is 19.1 Å². The first-order valence-corrected chi connectivity index (χ1v) is 5.13. The third-order valence-electron chi connectivity index (χ3n) is 3.03. The van der Waals surface area contributed by atoms with E-state index in [2.05, 4.69) is 0 Å². The van der Waals surface area contributed by atoms with Gasteiger partial charge in [0.25, 0.3) is 0 Å². The third-order valence-corrected chi connectivity index (χ3v) is 3.03. The van der Waals surface area contributed by atoms with E-state index in [0.717, 1.165) is 11.1 Å². The van der Waals surface area contributed by atoms with Gasteiger partial charge in [-0.1, -0.05) is 30.3 Å². The van der Waals surface area contributed by atoms with E-state index in [1.54, 1.807) is 18.2 Å². The van der Waals surface area contributed by atoms with Crippen LogP contribution in [0.5, 0.6) is 0 Å². The SMILES string of the molecule is Cc1cccc2c1-c1c(F)cccc1C2=O. The van der Waals surface area contributed by atoms with Crippen molar-refractivity contribution in [3.63, 3.8) is 0 Å². The summed E-state index contributed by atoms with van der Waals surface area (Å²) in [5, 5.41) is 0. The molecule has 0 heterocycles. The Morgan fingerprint density at radius 2 is 1.56 bits per heavy atom. The number of hydrogen-bond acceptors (Lipinski definition) is 1. The van der Waals surface area contributed by atoms with Gasteiger partial charge < -0.3 is 0 Å². The molecule has 2 aromatic rings. The summed E-state index contributed by atoms with van der Waals surface area (Å²) >= 11 is 0. The second kappa shape index (κ2) is 3.01. The smallest absolute Gasteiger partial charge is 0.194 e. The van der Waals surface area contributed by atoms with Crippen LogP contribution in [0.25, 0.3) is 11.1 Å². The molecule has 2 heteroatoms. The second-order valence-corrected chi connectivity index (χ2v) is 3.99. The normalized spacial score (nSPS) is 12.5. The maximum absolute atomic E-state index is 13.8. The first kappa shape index (κ1) is 9.28. The van der Waals surface area contributed by atoms with Crippen LogP contribution in [0.2, 0.25) is 0 Å². The van der Waals surface area contributed by atoms with Gasteiger partial charge in [0, 0.05) is 16.7 Å². The lowest BCUT2D eigenvalue weighted by molar-refractivity contribution is 0.104. The van der Waals surface area contributed by atoms with Crippen LogP contribution >= 0.6 is 0 Å². The molecule has 0 saturated heterocycles. The number of aryl methyl sites for hydroxylation is 1. The van der Waals surface area contributed by atoms with Crippen molar-refractivity contribution >= 4 is 5.78 Å². The highest BCUT2D eigenvalue weighted by molar-refractivity contribution is 6.22. The topological polar surface area (TPSA) is 17.1 Å². The average Bonchev–Trinajstić information content (AvgIpc) is 2.56. The Morgan fingerprint density at radius 1 is 0.938 bits per heavy atom. The number of ketones is 1. The second-order valence-electron chi connectivity index (χ2n) is 3.99. The van der Waals surface area contributed by atoms with Gasteiger partial charge in [-0.05, 0) is 24.1 Å². The molecular weight excluding hydrogens is 203 g/mol. The molecule has 1 nitrogen and oxygen atoms in total. The van der Waals surface area contributed by atoms with Crippen molar-refractivity contribution in [2.45, 2.75) is 6.92 Å². The van der Waals surface area contributed by atoms with E-state index in [-0.39, 0.29) is 11.6 Å². The molecule has 16 heavy (non-hydrogen) atoms. The highest BCUT2D eigenvalue weighted by atomic mass is 19.1. The van der Waals surface area contributed by atoms with Crippen LogP contribution in [-0.4, -0.2) is 5.78 Å². The van der Waals surface area contributed by atoms with Gasteiger partial charge in [-0.15, -0.1) is 0 Å². The summed E-state index contributed by atoms with van der Waals surface area (Å²) in [5.41, 5.74) is 3.24. The summed E-state index contributed by atoms with van der Waals surface area (Å²) in [6, 6.07) is 10.1. The largest absolute Gasteiger partial charge is 0.289 e. The summed E-state index contributed by atoms with van der Waals surface area (Å²) in [6.07, 6.45) is 0. The van der Waals surface area contributed by atoms with Crippen LogP contribution in [0.4, 0.5) is 4.39 Å². The number of hydrogen-bond donors (Lipinski definition) is 0. The lowest BCUT2D eigenvalue weighted by Crippen LogP contribution is -1.94. The average molecular weight is 212 g/mol. The minimum absolute atomic E-state index is 0.0757. The van der Waals surface area contributed by atoms with E-state index < -0.39 is 0 Å². The van der Waals surface area contributed by atoms with Crippen LogP contribution in [0.1, 0.15) is 21.5 Å². The van der Waals surface area contributed by atoms with Crippen LogP contribution in [-0.2, 0) is 0 Å². The molecule has 0 atom stereocenters. The molecular formula is C14H9FO. The summed E-state index contributed by atoms with van der Waals surface area (Å²) in [7, 11) is 0. The molecule has 3 rings (SSSR count). The fraction of sp³-hybridized carbons (Fsp3) is 0.0714. The lowest BCUT2D eigenvalue weighted by Gasteiger charge is -2.04. The molecule has 0 N–H and O–H groups in total. The van der Waals surface area contributed by atoms with E-state index >= 15 is 0 Å². The summed E-state index contributed by atoms with van der Waals surface area (Å²) < 4.78 is 13.8. The number of fused-ring (bicyclic) bond motifs is 3. The van der Waals surface area contributed by atoms with Crippen molar-refractivity contribution in [1.82, 2.24) is 0 Å². The Bertz CT molecular complexity index is 561. The summed E-state index contributed by atoms with van der Waals surface area (Å²) in [5.74, 6) is -0.396. The molecule has 0 aliphatic heterocycles. The van der Waals surface area contributed by atoms with Gasteiger partial charge in [-0.2, -0.15) is 0 Å². The zero-order valence-electron chi connectivity index (χ0n) is 8.75. The van der Waals surface area contributed by atoms with Crippen LogP contribution in [0.3, 0.4) is 0 Å². The molecule has 0 saturated carbocycles. The molecule has 0 radical (unpaired) electrons. The Labute approximate surface area is 92.5 Å². The molecule has 78 valence electrons. The quantitative estimate of drug-likeness (QED) is 0.558. The van der Waals surface area contributed by atoms with Crippen LogP contribution in [0, 0.1) is 12.7 Å². The molecule has 2 aromatic carbocycles. The predicted octanol–water partition coefficient (Wildman–Crippen LogP) is 3.35. The van der Waals surface area contributed by atoms with Gasteiger partial charge >= 0.3 is 0 Å². The zero-order chi connectivity index (χ0) is 11.3. The fourth-order valence-electron chi connectivity index (χ4n) is 2.30. The van der Waals surface area contributed by atoms with E-state index in [1.165, 1.54) is 6.07 Å². The van der Waals surface area contributed by atoms with Crippen molar-refractivity contribution < 1.29 is 9.18 Å². The third kappa shape index (κ3) is 1.01. The fourth-order valence-corrected chi connectivity index (χ4v) is 2.30. The van der Waals surface area contributed by atoms with Crippen LogP contribution < -0.4 is 0 Å². The number of carbonyl (C=O) groups is 1. The van der Waals surface area contributed by atoms with Crippen molar-refractivity contribution in [2.75, 3.05) is 0 Å². The Balaban J connectivity index is 2.48. The minimum atomic E-state index is -0.320. The first-order chi connectivity index (χ1) is 7.70. The minimum Gasteiger partial charge on any atom is -0.289 e. The van der Waals surface area contributed by atoms with Crippen molar-refractivity contribution in [2.24, 2.45) is 0 Å². The maximum atomic E-state index is 13.8. The van der Waals surface area contributed by atoms with Gasteiger partial charge in [0.1, 0.15) is 5.82 Å². The lowest BCUT2D eigenvalue weighted by atomic mass is 10.0. The Morgan fingerprint density at radius 3 is 2.31 bits per heavy atom. The van der Waals surface area contributed by atoms with E-state index in [4.69, 9.17) is 0 Å². The molecule has 0 spiro atoms. The molecule has 0 aromatic heterocycles. The zero-order valence-corrected chi connectivity index (χ0v) is 8.75. The Kier molecular flexibility index (Phi) is 1.75. The van der Waals surface area contributed by atoms with E-state index in [0.29, 0.717) is 16.7 Å². The van der Waals surface area contributed by atoms with Gasteiger partial charge in [-0.25, -0.2) is 4.39 Å². The number of carbonyl (C=O) groups excluding carboxylic acids is 1. The molecule has 1 aliphatic carbocycles. The van der Waals surface area contributed by atoms with Crippen molar-refractivity contribution in [1.29, 1.82) is 0 Å². The number of benzene rings is 2. The summed E-state index contributed by atoms with van der Waals surface area (Å²) in [6.45, 7) is 1.90. The van der Waals surface area contributed by atoms with Gasteiger partial charge in [0.15, 0.2) is 5.78 Å². The van der Waals surface area contributed by atoms with Crippen LogP contribution in [0.15, 0.2) is 36.4 Å². The van der Waals surface area contributed by atoms with E-state index in [9.17, 15) is 9.18 Å². The number of halogens is 1. The maximum Gasteiger partial charge on any atom is 0.194 e. The molecule has 1 aliphatic rings. The van der Waals surface area contributed by atoms with Crippen molar-refractivity contribution in [3.8, 4) is 11.1 Å². The molecule has 0 fully saturated rings. The Hall–Kier alpha value is -1.96. The molecule has 0 unspecified atom stereocenters.